The highest BCUT2D eigenvalue weighted by Crippen LogP contribution is 2.24. The lowest BCUT2D eigenvalue weighted by molar-refractivity contribution is 0.306. The van der Waals surface area contributed by atoms with Crippen LogP contribution >= 0.6 is 11.6 Å². The molecule has 0 N–H and O–H groups in total. The molecule has 1 heterocycles. The van der Waals surface area contributed by atoms with Crippen molar-refractivity contribution < 1.29 is 4.74 Å². The van der Waals surface area contributed by atoms with Crippen molar-refractivity contribution in [2.75, 3.05) is 0 Å². The first-order chi connectivity index (χ1) is 7.75. The number of hydrogen-bond donors (Lipinski definition) is 0. The molecule has 0 amide bonds. The van der Waals surface area contributed by atoms with Gasteiger partial charge in [-0.15, -0.1) is 0 Å². The van der Waals surface area contributed by atoms with E-state index in [-0.39, 0.29) is 0 Å². The Bertz CT molecular complexity index is 471. The van der Waals surface area contributed by atoms with Crippen molar-refractivity contribution in [1.82, 2.24) is 4.98 Å². The topological polar surface area (TPSA) is 22.1 Å². The van der Waals surface area contributed by atoms with Gasteiger partial charge in [-0.2, -0.15) is 0 Å². The van der Waals surface area contributed by atoms with Gasteiger partial charge in [0, 0.05) is 18.0 Å². The maximum Gasteiger partial charge on any atom is 0.141 e. The van der Waals surface area contributed by atoms with E-state index in [0.29, 0.717) is 17.4 Å². The molecular formula is C13H12ClNO. The maximum absolute atomic E-state index is 5.97. The lowest BCUT2D eigenvalue weighted by Gasteiger charge is -2.08. The van der Waals surface area contributed by atoms with Crippen LogP contribution in [0.5, 0.6) is 5.75 Å². The Morgan fingerprint density at radius 1 is 1.25 bits per heavy atom. The molecular weight excluding hydrogens is 222 g/mol. The first kappa shape index (κ1) is 11.0. The van der Waals surface area contributed by atoms with E-state index in [4.69, 9.17) is 16.3 Å². The van der Waals surface area contributed by atoms with E-state index in [1.165, 1.54) is 0 Å². The average molecular weight is 234 g/mol. The van der Waals surface area contributed by atoms with E-state index in [1.54, 1.807) is 6.20 Å². The summed E-state index contributed by atoms with van der Waals surface area (Å²) in [6.45, 7) is 2.43. The quantitative estimate of drug-likeness (QED) is 0.808. The van der Waals surface area contributed by atoms with Gasteiger partial charge in [0.15, 0.2) is 0 Å². The lowest BCUT2D eigenvalue weighted by Crippen LogP contribution is -1.96. The molecule has 0 bridgehead atoms. The number of halogens is 1. The Morgan fingerprint density at radius 2 is 2.00 bits per heavy atom. The third kappa shape index (κ3) is 2.74. The van der Waals surface area contributed by atoms with Crippen LogP contribution in [0.4, 0.5) is 0 Å². The first-order valence-corrected chi connectivity index (χ1v) is 5.42. The summed E-state index contributed by atoms with van der Waals surface area (Å²) < 4.78 is 5.63. The van der Waals surface area contributed by atoms with Crippen molar-refractivity contribution in [3.05, 3.63) is 58.9 Å². The second-order valence-electron chi connectivity index (χ2n) is 3.53. The van der Waals surface area contributed by atoms with E-state index >= 15 is 0 Å². The molecule has 0 atom stereocenters. The number of ether oxygens (including phenoxy) is 1. The summed E-state index contributed by atoms with van der Waals surface area (Å²) in [6, 6.07) is 11.8. The van der Waals surface area contributed by atoms with Crippen LogP contribution in [0.2, 0.25) is 5.02 Å². The molecule has 0 aliphatic carbocycles. The number of aryl methyl sites for hydroxylation is 1. The normalized spacial score (nSPS) is 10.1. The Labute approximate surface area is 99.9 Å². The summed E-state index contributed by atoms with van der Waals surface area (Å²) in [4.78, 5) is 4.08. The third-order valence-electron chi connectivity index (χ3n) is 2.19. The van der Waals surface area contributed by atoms with Crippen LogP contribution in [-0.2, 0) is 6.61 Å². The number of nitrogens with zero attached hydrogens (tertiary/aromatic N) is 1. The molecule has 0 saturated carbocycles. The van der Waals surface area contributed by atoms with Crippen molar-refractivity contribution in [3.63, 3.8) is 0 Å². The molecule has 2 aromatic rings. The first-order valence-electron chi connectivity index (χ1n) is 5.04. The van der Waals surface area contributed by atoms with Crippen molar-refractivity contribution in [1.29, 1.82) is 0 Å². The van der Waals surface area contributed by atoms with Gasteiger partial charge in [0.25, 0.3) is 0 Å². The molecule has 0 spiro atoms. The molecule has 2 rings (SSSR count). The van der Waals surface area contributed by atoms with Crippen molar-refractivity contribution >= 4 is 11.6 Å². The van der Waals surface area contributed by atoms with E-state index in [9.17, 15) is 0 Å². The SMILES string of the molecule is Cc1cc(OCc2ccccc2)c(Cl)cn1. The van der Waals surface area contributed by atoms with Crippen molar-refractivity contribution in [2.24, 2.45) is 0 Å². The van der Waals surface area contributed by atoms with E-state index in [2.05, 4.69) is 4.98 Å². The van der Waals surface area contributed by atoms with Crippen LogP contribution in [0, 0.1) is 6.92 Å². The van der Waals surface area contributed by atoms with Crippen LogP contribution in [0.1, 0.15) is 11.3 Å². The van der Waals surface area contributed by atoms with Crippen LogP contribution in [-0.4, -0.2) is 4.98 Å². The molecule has 82 valence electrons. The zero-order valence-electron chi connectivity index (χ0n) is 8.98. The smallest absolute Gasteiger partial charge is 0.141 e. The number of rotatable bonds is 3. The fourth-order valence-corrected chi connectivity index (χ4v) is 1.52. The monoisotopic (exact) mass is 233 g/mol. The minimum atomic E-state index is 0.518. The summed E-state index contributed by atoms with van der Waals surface area (Å²) in [5.74, 6) is 0.679. The highest BCUT2D eigenvalue weighted by molar-refractivity contribution is 6.31. The predicted molar refractivity (Wildman–Crippen MR) is 64.8 cm³/mol. The Morgan fingerprint density at radius 3 is 2.75 bits per heavy atom. The van der Waals surface area contributed by atoms with E-state index in [1.807, 2.05) is 43.3 Å². The number of aromatic nitrogens is 1. The van der Waals surface area contributed by atoms with E-state index in [0.717, 1.165) is 11.3 Å². The minimum Gasteiger partial charge on any atom is -0.487 e. The van der Waals surface area contributed by atoms with Crippen LogP contribution in [0.25, 0.3) is 0 Å². The van der Waals surface area contributed by atoms with Crippen LogP contribution in [0.3, 0.4) is 0 Å². The molecule has 0 aliphatic rings. The fraction of sp³-hybridized carbons (Fsp3) is 0.154. The van der Waals surface area contributed by atoms with Crippen molar-refractivity contribution in [3.8, 4) is 5.75 Å². The molecule has 1 aromatic carbocycles. The lowest BCUT2D eigenvalue weighted by atomic mass is 10.2. The number of benzene rings is 1. The summed E-state index contributed by atoms with van der Waals surface area (Å²) in [5.41, 5.74) is 2.01. The number of pyridine rings is 1. The molecule has 0 unspecified atom stereocenters. The average Bonchev–Trinajstić information content (AvgIpc) is 2.32. The van der Waals surface area contributed by atoms with Gasteiger partial charge in [0.2, 0.25) is 0 Å². The zero-order valence-corrected chi connectivity index (χ0v) is 9.74. The summed E-state index contributed by atoms with van der Waals surface area (Å²) in [5, 5.41) is 0.543. The highest BCUT2D eigenvalue weighted by Gasteiger charge is 2.02. The predicted octanol–water partition coefficient (Wildman–Crippen LogP) is 3.62. The van der Waals surface area contributed by atoms with Gasteiger partial charge in [0.05, 0.1) is 0 Å². The van der Waals surface area contributed by atoms with Crippen LogP contribution < -0.4 is 4.74 Å². The van der Waals surface area contributed by atoms with Gasteiger partial charge >= 0.3 is 0 Å². The molecule has 0 fully saturated rings. The molecule has 1 aromatic heterocycles. The van der Waals surface area contributed by atoms with Gasteiger partial charge < -0.3 is 4.74 Å². The maximum atomic E-state index is 5.97. The van der Waals surface area contributed by atoms with Gasteiger partial charge in [0.1, 0.15) is 17.4 Å². The summed E-state index contributed by atoms with van der Waals surface area (Å²) >= 11 is 5.97. The zero-order chi connectivity index (χ0) is 11.4. The standard InChI is InChI=1S/C13H12ClNO/c1-10-7-13(12(14)8-15-10)16-9-11-5-3-2-4-6-11/h2-8H,9H2,1H3. The third-order valence-corrected chi connectivity index (χ3v) is 2.48. The molecule has 16 heavy (non-hydrogen) atoms. The largest absolute Gasteiger partial charge is 0.487 e. The van der Waals surface area contributed by atoms with Gasteiger partial charge in [-0.1, -0.05) is 41.9 Å². The van der Waals surface area contributed by atoms with E-state index < -0.39 is 0 Å². The molecule has 2 nitrogen and oxygen atoms in total. The second-order valence-corrected chi connectivity index (χ2v) is 3.94. The summed E-state index contributed by atoms with van der Waals surface area (Å²) in [6.07, 6.45) is 1.61. The van der Waals surface area contributed by atoms with Gasteiger partial charge in [-0.05, 0) is 12.5 Å². The molecule has 0 radical (unpaired) electrons. The minimum absolute atomic E-state index is 0.518. The molecule has 3 heteroatoms. The fourth-order valence-electron chi connectivity index (χ4n) is 1.36. The second kappa shape index (κ2) is 4.99. The van der Waals surface area contributed by atoms with Crippen molar-refractivity contribution in [2.45, 2.75) is 13.5 Å². The number of hydrogen-bond acceptors (Lipinski definition) is 2. The Kier molecular flexibility index (Phi) is 3.42. The highest BCUT2D eigenvalue weighted by atomic mass is 35.5. The van der Waals surface area contributed by atoms with Gasteiger partial charge in [-0.3, -0.25) is 4.98 Å². The van der Waals surface area contributed by atoms with Crippen LogP contribution in [0.15, 0.2) is 42.6 Å². The molecule has 0 aliphatic heterocycles. The summed E-state index contributed by atoms with van der Waals surface area (Å²) in [7, 11) is 0. The Hall–Kier alpha value is -1.54. The van der Waals surface area contributed by atoms with Gasteiger partial charge in [-0.25, -0.2) is 0 Å². The Balaban J connectivity index is 2.08. The molecule has 0 saturated heterocycles.